The zero-order valence-electron chi connectivity index (χ0n) is 15.1. The normalized spacial score (nSPS) is 11.8. The molecule has 0 aliphatic heterocycles. The van der Waals surface area contributed by atoms with Crippen molar-refractivity contribution in [2.24, 2.45) is 0 Å². The predicted molar refractivity (Wildman–Crippen MR) is 101 cm³/mol. The van der Waals surface area contributed by atoms with Gasteiger partial charge in [0.1, 0.15) is 22.5 Å². The third-order valence-corrected chi connectivity index (χ3v) is 4.00. The molecular weight excluding hydrogens is 354 g/mol. The van der Waals surface area contributed by atoms with Crippen LogP contribution >= 0.6 is 11.6 Å². The number of rotatable bonds is 5. The summed E-state index contributed by atoms with van der Waals surface area (Å²) in [7, 11) is 0. The first-order valence-electron chi connectivity index (χ1n) is 8.51. The quantitative estimate of drug-likeness (QED) is 0.544. The fourth-order valence-corrected chi connectivity index (χ4v) is 2.96. The summed E-state index contributed by atoms with van der Waals surface area (Å²) in [6.07, 6.45) is 3.78. The second-order valence-corrected chi connectivity index (χ2v) is 7.23. The number of ether oxygens (including phenoxy) is 1. The molecule has 26 heavy (non-hydrogen) atoms. The van der Waals surface area contributed by atoms with Gasteiger partial charge in [-0.1, -0.05) is 0 Å². The van der Waals surface area contributed by atoms with Crippen LogP contribution in [0.15, 0.2) is 24.5 Å². The number of amides is 1. The van der Waals surface area contributed by atoms with Gasteiger partial charge in [-0.15, -0.1) is 11.6 Å². The van der Waals surface area contributed by atoms with E-state index in [1.165, 1.54) is 0 Å². The van der Waals surface area contributed by atoms with Crippen LogP contribution in [0.2, 0.25) is 0 Å². The number of hydrogen-bond acceptors (Lipinski definition) is 5. The number of carbonyl (C=O) groups excluding carboxylic acids is 1. The van der Waals surface area contributed by atoms with Crippen LogP contribution < -0.4 is 5.32 Å². The van der Waals surface area contributed by atoms with Gasteiger partial charge in [0.2, 0.25) is 0 Å². The maximum atomic E-state index is 11.7. The average Bonchev–Trinajstić information content (AvgIpc) is 2.95. The number of pyridine rings is 2. The average molecular weight is 376 g/mol. The summed E-state index contributed by atoms with van der Waals surface area (Å²) in [6.45, 7) is 6.66. The number of carbonyl (C=O) groups is 1. The molecule has 1 amide bonds. The lowest BCUT2D eigenvalue weighted by molar-refractivity contribution is 0.0527. The Labute approximate surface area is 156 Å². The fraction of sp³-hybridized carbons (Fsp3) is 0.444. The minimum atomic E-state index is -0.506. The van der Waals surface area contributed by atoms with Gasteiger partial charge < -0.3 is 14.6 Å². The van der Waals surface area contributed by atoms with Crippen molar-refractivity contribution in [3.8, 4) is 0 Å². The molecule has 0 spiro atoms. The number of hydrogen-bond donors (Lipinski definition) is 1. The number of aromatic nitrogens is 4. The van der Waals surface area contributed by atoms with Crippen LogP contribution in [0.1, 0.15) is 33.0 Å². The first-order chi connectivity index (χ1) is 12.4. The summed E-state index contributed by atoms with van der Waals surface area (Å²) in [5, 5.41) is 2.77. The van der Waals surface area contributed by atoms with Gasteiger partial charge in [-0.05, 0) is 39.3 Å². The Morgan fingerprint density at radius 1 is 1.31 bits per heavy atom. The Bertz CT molecular complexity index is 932. The van der Waals surface area contributed by atoms with E-state index in [9.17, 15) is 4.79 Å². The second kappa shape index (κ2) is 7.45. The van der Waals surface area contributed by atoms with E-state index in [1.807, 2.05) is 32.9 Å². The molecule has 0 bridgehead atoms. The SMILES string of the molecule is CC(C)(C)OC(=O)NCCCn1c(CCl)nc2cnc3cccnc3c21. The largest absolute Gasteiger partial charge is 0.444 e. The number of aryl methyl sites for hydroxylation is 1. The summed E-state index contributed by atoms with van der Waals surface area (Å²) < 4.78 is 7.29. The monoisotopic (exact) mass is 375 g/mol. The van der Waals surface area contributed by atoms with E-state index < -0.39 is 11.7 Å². The molecule has 3 rings (SSSR count). The van der Waals surface area contributed by atoms with Crippen LogP contribution in [0, 0.1) is 0 Å². The van der Waals surface area contributed by atoms with Crippen molar-refractivity contribution in [1.29, 1.82) is 0 Å². The summed E-state index contributed by atoms with van der Waals surface area (Å²) >= 11 is 6.08. The predicted octanol–water partition coefficient (Wildman–Crippen LogP) is 3.63. The van der Waals surface area contributed by atoms with E-state index in [4.69, 9.17) is 16.3 Å². The van der Waals surface area contributed by atoms with Crippen LogP contribution in [-0.4, -0.2) is 37.8 Å². The van der Waals surface area contributed by atoms with Gasteiger partial charge in [0.25, 0.3) is 0 Å². The molecule has 0 aromatic carbocycles. The topological polar surface area (TPSA) is 81.9 Å². The zero-order chi connectivity index (χ0) is 18.7. The molecule has 0 radical (unpaired) electrons. The van der Waals surface area contributed by atoms with E-state index in [2.05, 4.69) is 24.8 Å². The van der Waals surface area contributed by atoms with Crippen LogP contribution in [-0.2, 0) is 17.2 Å². The van der Waals surface area contributed by atoms with Gasteiger partial charge in [0, 0.05) is 19.3 Å². The van der Waals surface area contributed by atoms with Crippen molar-refractivity contribution in [3.63, 3.8) is 0 Å². The van der Waals surface area contributed by atoms with Gasteiger partial charge in [0.15, 0.2) is 0 Å². The molecule has 7 nitrogen and oxygen atoms in total. The van der Waals surface area contributed by atoms with Gasteiger partial charge >= 0.3 is 6.09 Å². The second-order valence-electron chi connectivity index (χ2n) is 6.96. The highest BCUT2D eigenvalue weighted by Crippen LogP contribution is 2.24. The Morgan fingerprint density at radius 2 is 2.12 bits per heavy atom. The third-order valence-electron chi connectivity index (χ3n) is 3.76. The van der Waals surface area contributed by atoms with Crippen molar-refractivity contribution in [3.05, 3.63) is 30.4 Å². The van der Waals surface area contributed by atoms with Crippen LogP contribution in [0.25, 0.3) is 22.1 Å². The van der Waals surface area contributed by atoms with Crippen molar-refractivity contribution in [2.75, 3.05) is 6.54 Å². The first kappa shape index (κ1) is 18.4. The molecule has 0 saturated heterocycles. The number of alkyl halides is 1. The molecule has 3 aromatic heterocycles. The lowest BCUT2D eigenvalue weighted by atomic mass is 10.2. The Balaban J connectivity index is 1.77. The molecule has 138 valence electrons. The maximum Gasteiger partial charge on any atom is 0.407 e. The summed E-state index contributed by atoms with van der Waals surface area (Å²) in [6, 6.07) is 3.78. The van der Waals surface area contributed by atoms with Crippen molar-refractivity contribution < 1.29 is 9.53 Å². The van der Waals surface area contributed by atoms with Crippen LogP contribution in [0.4, 0.5) is 4.79 Å². The molecule has 0 aliphatic rings. The van der Waals surface area contributed by atoms with Gasteiger partial charge in [-0.3, -0.25) is 9.97 Å². The van der Waals surface area contributed by atoms with E-state index >= 15 is 0 Å². The van der Waals surface area contributed by atoms with Crippen molar-refractivity contribution >= 4 is 39.8 Å². The summed E-state index contributed by atoms with van der Waals surface area (Å²) in [5.41, 5.74) is 2.80. The lowest BCUT2D eigenvalue weighted by Crippen LogP contribution is -2.33. The molecule has 0 fully saturated rings. The van der Waals surface area contributed by atoms with E-state index in [0.717, 1.165) is 27.9 Å². The molecule has 0 unspecified atom stereocenters. The van der Waals surface area contributed by atoms with Crippen LogP contribution in [0.3, 0.4) is 0 Å². The zero-order valence-corrected chi connectivity index (χ0v) is 15.9. The van der Waals surface area contributed by atoms with Gasteiger partial charge in [-0.2, -0.15) is 0 Å². The van der Waals surface area contributed by atoms with E-state index in [-0.39, 0.29) is 0 Å². The highest BCUT2D eigenvalue weighted by molar-refractivity contribution is 6.17. The highest BCUT2D eigenvalue weighted by atomic mass is 35.5. The molecule has 3 heterocycles. The number of halogens is 1. The smallest absolute Gasteiger partial charge is 0.407 e. The Kier molecular flexibility index (Phi) is 5.27. The number of imidazole rings is 1. The molecule has 0 atom stereocenters. The van der Waals surface area contributed by atoms with Crippen molar-refractivity contribution in [2.45, 2.75) is 45.2 Å². The van der Waals surface area contributed by atoms with Gasteiger partial charge in [-0.25, -0.2) is 9.78 Å². The molecule has 0 aliphatic carbocycles. The minimum absolute atomic E-state index is 0.294. The van der Waals surface area contributed by atoms with Crippen LogP contribution in [0.5, 0.6) is 0 Å². The minimum Gasteiger partial charge on any atom is -0.444 e. The number of nitrogens with zero attached hydrogens (tertiary/aromatic N) is 4. The molecule has 0 saturated carbocycles. The fourth-order valence-electron chi connectivity index (χ4n) is 2.76. The van der Waals surface area contributed by atoms with E-state index in [1.54, 1.807) is 12.4 Å². The molecular formula is C18H22ClN5O2. The number of alkyl carbamates (subject to hydrolysis) is 1. The Morgan fingerprint density at radius 3 is 2.85 bits per heavy atom. The standard InChI is InChI=1S/C18H22ClN5O2/c1-18(2,3)26-17(25)21-8-5-9-24-14(10-19)23-13-11-22-12-6-4-7-20-15(12)16(13)24/h4,6-7,11H,5,8-10H2,1-3H3,(H,21,25). The van der Waals surface area contributed by atoms with Crippen molar-refractivity contribution in [1.82, 2.24) is 24.8 Å². The number of fused-ring (bicyclic) bond motifs is 3. The molecule has 8 heteroatoms. The lowest BCUT2D eigenvalue weighted by Gasteiger charge is -2.19. The maximum absolute atomic E-state index is 11.7. The highest BCUT2D eigenvalue weighted by Gasteiger charge is 2.16. The molecule has 1 N–H and O–H groups in total. The third kappa shape index (κ3) is 4.04. The number of nitrogens with one attached hydrogen (secondary N) is 1. The Hall–Kier alpha value is -2.41. The molecule has 3 aromatic rings. The summed E-state index contributed by atoms with van der Waals surface area (Å²) in [5.74, 6) is 1.06. The van der Waals surface area contributed by atoms with E-state index in [0.29, 0.717) is 25.4 Å². The first-order valence-corrected chi connectivity index (χ1v) is 9.04. The van der Waals surface area contributed by atoms with Gasteiger partial charge in [0.05, 0.1) is 23.1 Å². The summed E-state index contributed by atoms with van der Waals surface area (Å²) in [4.78, 5) is 25.2.